The molecule has 2 rings (SSSR count). The first-order valence-electron chi connectivity index (χ1n) is 5.36. The van der Waals surface area contributed by atoms with Crippen molar-refractivity contribution in [3.63, 3.8) is 0 Å². The van der Waals surface area contributed by atoms with E-state index in [-0.39, 0.29) is 0 Å². The summed E-state index contributed by atoms with van der Waals surface area (Å²) in [6.45, 7) is 0.824. The Hall–Kier alpha value is -1.95. The van der Waals surface area contributed by atoms with E-state index in [1.807, 2.05) is 18.2 Å². The summed E-state index contributed by atoms with van der Waals surface area (Å²) in [5, 5.41) is 9.72. The fourth-order valence-electron chi connectivity index (χ4n) is 1.90. The summed E-state index contributed by atoms with van der Waals surface area (Å²) in [6, 6.07) is 12.4. The minimum atomic E-state index is 0.579. The number of hydrogen-bond donors (Lipinski definition) is 0. The summed E-state index contributed by atoms with van der Waals surface area (Å²) in [7, 11) is 1.68. The van der Waals surface area contributed by atoms with Crippen LogP contribution in [0.3, 0.4) is 0 Å². The number of fused-ring (bicyclic) bond motifs is 1. The highest BCUT2D eigenvalue weighted by atomic mass is 16.5. The highest BCUT2D eigenvalue weighted by Gasteiger charge is 2.07. The Morgan fingerprint density at radius 1 is 1.38 bits per heavy atom. The summed E-state index contributed by atoms with van der Waals surface area (Å²) in [4.78, 5) is 0. The summed E-state index contributed by atoms with van der Waals surface area (Å²) in [5.41, 5.74) is 1.16. The molecule has 0 aliphatic rings. The summed E-state index contributed by atoms with van der Waals surface area (Å²) < 4.78 is 7.46. The van der Waals surface area contributed by atoms with E-state index >= 15 is 0 Å². The standard InChI is InChI=1S/C13H14N2O/c1-16-13-10-11-6-2-3-7-12(11)15(13)9-5-4-8-14/h2-3,6-7,10H,4-5,9H2,1H3. The van der Waals surface area contributed by atoms with Crippen LogP contribution in [0.25, 0.3) is 10.9 Å². The third-order valence-electron chi connectivity index (χ3n) is 2.65. The Balaban J connectivity index is 2.36. The average Bonchev–Trinajstić information content (AvgIpc) is 2.68. The molecule has 0 bridgehead atoms. The van der Waals surface area contributed by atoms with E-state index in [9.17, 15) is 0 Å². The van der Waals surface area contributed by atoms with Gasteiger partial charge in [0.25, 0.3) is 0 Å². The van der Waals surface area contributed by atoms with E-state index in [1.54, 1.807) is 7.11 Å². The second kappa shape index (κ2) is 4.71. The van der Waals surface area contributed by atoms with Gasteiger partial charge in [0.2, 0.25) is 0 Å². The lowest BCUT2D eigenvalue weighted by atomic mass is 10.2. The minimum absolute atomic E-state index is 0.579. The molecule has 2 aromatic rings. The van der Waals surface area contributed by atoms with Gasteiger partial charge in [-0.15, -0.1) is 0 Å². The number of ether oxygens (including phenoxy) is 1. The maximum Gasteiger partial charge on any atom is 0.194 e. The van der Waals surface area contributed by atoms with Crippen LogP contribution in [-0.2, 0) is 6.54 Å². The number of hydrogen-bond acceptors (Lipinski definition) is 2. The molecule has 0 atom stereocenters. The Labute approximate surface area is 94.9 Å². The largest absolute Gasteiger partial charge is 0.482 e. The van der Waals surface area contributed by atoms with Crippen LogP contribution >= 0.6 is 0 Å². The molecule has 1 heterocycles. The van der Waals surface area contributed by atoms with Gasteiger partial charge in [-0.3, -0.25) is 0 Å². The number of nitriles is 1. The van der Waals surface area contributed by atoms with Gasteiger partial charge < -0.3 is 9.30 Å². The minimum Gasteiger partial charge on any atom is -0.482 e. The molecule has 1 aromatic carbocycles. The fraction of sp³-hybridized carbons (Fsp3) is 0.308. The normalized spacial score (nSPS) is 10.2. The van der Waals surface area contributed by atoms with E-state index in [0.717, 1.165) is 24.4 Å². The monoisotopic (exact) mass is 214 g/mol. The maximum atomic E-state index is 8.54. The molecule has 0 amide bonds. The Morgan fingerprint density at radius 3 is 2.94 bits per heavy atom. The molecular formula is C13H14N2O. The summed E-state index contributed by atoms with van der Waals surface area (Å²) in [6.07, 6.45) is 1.43. The number of unbranched alkanes of at least 4 members (excludes halogenated alkanes) is 1. The number of nitrogens with zero attached hydrogens (tertiary/aromatic N) is 2. The van der Waals surface area contributed by atoms with Gasteiger partial charge in [0.15, 0.2) is 5.88 Å². The van der Waals surface area contributed by atoms with E-state index in [4.69, 9.17) is 10.00 Å². The van der Waals surface area contributed by atoms with Crippen LogP contribution in [0.2, 0.25) is 0 Å². The van der Waals surface area contributed by atoms with Crippen molar-refractivity contribution in [2.75, 3.05) is 7.11 Å². The highest BCUT2D eigenvalue weighted by Crippen LogP contribution is 2.25. The van der Waals surface area contributed by atoms with Gasteiger partial charge >= 0.3 is 0 Å². The van der Waals surface area contributed by atoms with Crippen molar-refractivity contribution in [1.29, 1.82) is 5.26 Å². The molecule has 1 aromatic heterocycles. The zero-order valence-electron chi connectivity index (χ0n) is 9.31. The Morgan fingerprint density at radius 2 is 2.19 bits per heavy atom. The number of aromatic nitrogens is 1. The molecule has 3 heteroatoms. The molecule has 0 aliphatic heterocycles. The molecule has 0 fully saturated rings. The Kier molecular flexibility index (Phi) is 3.11. The van der Waals surface area contributed by atoms with Crippen LogP contribution in [0, 0.1) is 11.3 Å². The predicted octanol–water partition coefficient (Wildman–Crippen LogP) is 2.95. The quantitative estimate of drug-likeness (QED) is 0.734. The van der Waals surface area contributed by atoms with E-state index in [2.05, 4.69) is 22.8 Å². The molecule has 0 unspecified atom stereocenters. The van der Waals surface area contributed by atoms with Gasteiger partial charge in [-0.25, -0.2) is 0 Å². The first kappa shape index (κ1) is 10.6. The topological polar surface area (TPSA) is 38.0 Å². The van der Waals surface area contributed by atoms with Crippen LogP contribution in [0.15, 0.2) is 30.3 Å². The van der Waals surface area contributed by atoms with Crippen LogP contribution in [0.1, 0.15) is 12.8 Å². The van der Waals surface area contributed by atoms with Gasteiger partial charge in [-0.1, -0.05) is 18.2 Å². The van der Waals surface area contributed by atoms with Gasteiger partial charge in [0, 0.05) is 24.4 Å². The molecule has 0 radical (unpaired) electrons. The fourth-order valence-corrected chi connectivity index (χ4v) is 1.90. The van der Waals surface area contributed by atoms with Gasteiger partial charge in [0.05, 0.1) is 18.7 Å². The van der Waals surface area contributed by atoms with Crippen LogP contribution in [-0.4, -0.2) is 11.7 Å². The van der Waals surface area contributed by atoms with Crippen LogP contribution in [0.4, 0.5) is 0 Å². The molecule has 0 aliphatic carbocycles. The smallest absolute Gasteiger partial charge is 0.194 e. The summed E-state index contributed by atoms with van der Waals surface area (Å²) in [5.74, 6) is 0.860. The Bertz CT molecular complexity index is 522. The first-order valence-corrected chi connectivity index (χ1v) is 5.36. The molecule has 0 saturated carbocycles. The molecule has 82 valence electrons. The lowest BCUT2D eigenvalue weighted by Crippen LogP contribution is -2.00. The van der Waals surface area contributed by atoms with Gasteiger partial charge in [-0.05, 0) is 12.5 Å². The predicted molar refractivity (Wildman–Crippen MR) is 63.3 cm³/mol. The van der Waals surface area contributed by atoms with E-state index in [0.29, 0.717) is 6.42 Å². The zero-order chi connectivity index (χ0) is 11.4. The number of benzene rings is 1. The molecule has 0 saturated heterocycles. The van der Waals surface area contributed by atoms with Crippen LogP contribution < -0.4 is 4.74 Å². The number of aryl methyl sites for hydroxylation is 1. The average molecular weight is 214 g/mol. The zero-order valence-corrected chi connectivity index (χ0v) is 9.31. The van der Waals surface area contributed by atoms with Crippen molar-refractivity contribution in [3.8, 4) is 11.9 Å². The number of para-hydroxylation sites is 1. The van der Waals surface area contributed by atoms with Crippen molar-refractivity contribution in [3.05, 3.63) is 30.3 Å². The molecular weight excluding hydrogens is 200 g/mol. The summed E-state index contributed by atoms with van der Waals surface area (Å²) >= 11 is 0. The molecule has 3 nitrogen and oxygen atoms in total. The van der Waals surface area contributed by atoms with Crippen molar-refractivity contribution >= 4 is 10.9 Å². The SMILES string of the molecule is COc1cc2ccccc2n1CCCC#N. The highest BCUT2D eigenvalue weighted by molar-refractivity contribution is 5.82. The molecule has 0 spiro atoms. The molecule has 16 heavy (non-hydrogen) atoms. The van der Waals surface area contributed by atoms with E-state index < -0.39 is 0 Å². The first-order chi connectivity index (χ1) is 7.86. The second-order valence-electron chi connectivity index (χ2n) is 3.66. The van der Waals surface area contributed by atoms with Crippen molar-refractivity contribution in [2.45, 2.75) is 19.4 Å². The van der Waals surface area contributed by atoms with Crippen LogP contribution in [0.5, 0.6) is 5.88 Å². The van der Waals surface area contributed by atoms with Crippen molar-refractivity contribution in [1.82, 2.24) is 4.57 Å². The van der Waals surface area contributed by atoms with Gasteiger partial charge in [-0.2, -0.15) is 5.26 Å². The number of methoxy groups -OCH3 is 1. The second-order valence-corrected chi connectivity index (χ2v) is 3.66. The molecule has 0 N–H and O–H groups in total. The lowest BCUT2D eigenvalue weighted by molar-refractivity contribution is 0.374. The third-order valence-corrected chi connectivity index (χ3v) is 2.65. The van der Waals surface area contributed by atoms with E-state index in [1.165, 1.54) is 5.39 Å². The maximum absolute atomic E-state index is 8.54. The van der Waals surface area contributed by atoms with Crippen molar-refractivity contribution < 1.29 is 4.74 Å². The van der Waals surface area contributed by atoms with Crippen molar-refractivity contribution in [2.24, 2.45) is 0 Å². The number of rotatable bonds is 4. The lowest BCUT2D eigenvalue weighted by Gasteiger charge is -2.07. The third kappa shape index (κ3) is 1.87. The van der Waals surface area contributed by atoms with Gasteiger partial charge in [0.1, 0.15) is 0 Å².